The van der Waals surface area contributed by atoms with Crippen molar-refractivity contribution in [3.05, 3.63) is 53.3 Å². The average molecular weight is 392 g/mol. The van der Waals surface area contributed by atoms with Gasteiger partial charge in [-0.25, -0.2) is 4.79 Å². The number of anilines is 1. The van der Waals surface area contributed by atoms with Gasteiger partial charge >= 0.3 is 5.97 Å². The molecule has 1 aromatic carbocycles. The molecule has 5 rings (SSSR count). The van der Waals surface area contributed by atoms with E-state index in [-0.39, 0.29) is 34.7 Å². The molecule has 1 fully saturated rings. The number of ketones is 1. The maximum absolute atomic E-state index is 12.9. The Bertz CT molecular complexity index is 965. The number of hydrogen-bond donors (Lipinski definition) is 1. The van der Waals surface area contributed by atoms with Crippen molar-refractivity contribution in [2.45, 2.75) is 57.0 Å². The van der Waals surface area contributed by atoms with Gasteiger partial charge in [0.2, 0.25) is 0 Å². The highest BCUT2D eigenvalue weighted by molar-refractivity contribution is 5.93. The van der Waals surface area contributed by atoms with Crippen LogP contribution in [-0.4, -0.2) is 42.4 Å². The van der Waals surface area contributed by atoms with Gasteiger partial charge in [0.25, 0.3) is 0 Å². The zero-order valence-corrected chi connectivity index (χ0v) is 17.3. The standard InChI is InChI=1S/C24H28N2O3/c1-4-23-10-9-16(13-15(2)27)26-12-11-24(22(23)26)18-7-5-6-8-19(18)25-20(24)17(14-23)21(28)29-3/h5-10,16,22,25H,4,11-14H2,1-3H3. The lowest BCUT2D eigenvalue weighted by atomic mass is 9.54. The SMILES string of the molecule is CCC12C=CC(CC(C)=O)N3CCC4(C(=C(C(=O)OC)C1)Nc1ccccc14)C32. The zero-order valence-electron chi connectivity index (χ0n) is 17.3. The summed E-state index contributed by atoms with van der Waals surface area (Å²) in [7, 11) is 1.47. The molecule has 0 radical (unpaired) electrons. The van der Waals surface area contributed by atoms with E-state index in [1.54, 1.807) is 6.92 Å². The van der Waals surface area contributed by atoms with Gasteiger partial charge in [0.1, 0.15) is 5.78 Å². The highest BCUT2D eigenvalue weighted by atomic mass is 16.5. The summed E-state index contributed by atoms with van der Waals surface area (Å²) in [6.45, 7) is 4.81. The number of carbonyl (C=O) groups is 2. The number of Topliss-reactive ketones (excluding diaryl/α,β-unsaturated/α-hetero) is 1. The number of nitrogens with one attached hydrogen (secondary N) is 1. The van der Waals surface area contributed by atoms with E-state index in [1.807, 2.05) is 6.07 Å². The van der Waals surface area contributed by atoms with E-state index >= 15 is 0 Å². The van der Waals surface area contributed by atoms with Crippen molar-refractivity contribution in [2.24, 2.45) is 5.41 Å². The third-order valence-corrected chi connectivity index (χ3v) is 7.69. The predicted molar refractivity (Wildman–Crippen MR) is 111 cm³/mol. The molecule has 3 aliphatic heterocycles. The highest BCUT2D eigenvalue weighted by Gasteiger charge is 2.66. The first-order valence-electron chi connectivity index (χ1n) is 10.6. The third kappa shape index (κ3) is 2.31. The van der Waals surface area contributed by atoms with Crippen molar-refractivity contribution >= 4 is 17.4 Å². The minimum atomic E-state index is -0.256. The number of hydrogen-bond acceptors (Lipinski definition) is 5. The Labute approximate surface area is 171 Å². The molecule has 152 valence electrons. The Morgan fingerprint density at radius 2 is 2.10 bits per heavy atom. The maximum Gasteiger partial charge on any atom is 0.335 e. The molecule has 1 N–H and O–H groups in total. The Kier molecular flexibility index (Phi) is 4.04. The lowest BCUT2D eigenvalue weighted by molar-refractivity contribution is -0.137. The summed E-state index contributed by atoms with van der Waals surface area (Å²) in [5.74, 6) is -0.0139. The molecule has 29 heavy (non-hydrogen) atoms. The fourth-order valence-corrected chi connectivity index (χ4v) is 6.57. The van der Waals surface area contributed by atoms with E-state index in [0.717, 1.165) is 36.3 Å². The number of carbonyl (C=O) groups excluding carboxylic acids is 2. The van der Waals surface area contributed by atoms with E-state index in [0.29, 0.717) is 12.8 Å². The summed E-state index contributed by atoms with van der Waals surface area (Å²) in [6, 6.07) is 8.80. The van der Waals surface area contributed by atoms with Crippen LogP contribution in [-0.2, 0) is 19.7 Å². The number of rotatable bonds is 4. The van der Waals surface area contributed by atoms with Gasteiger partial charge in [0.05, 0.1) is 18.1 Å². The van der Waals surface area contributed by atoms with Crippen LogP contribution in [0, 0.1) is 5.41 Å². The minimum absolute atomic E-state index is 0.130. The summed E-state index contributed by atoms with van der Waals surface area (Å²) in [5, 5.41) is 3.61. The number of ether oxygens (including phenoxy) is 1. The van der Waals surface area contributed by atoms with E-state index in [1.165, 1.54) is 12.7 Å². The smallest absolute Gasteiger partial charge is 0.335 e. The van der Waals surface area contributed by atoms with Crippen LogP contribution in [0.4, 0.5) is 5.69 Å². The van der Waals surface area contributed by atoms with Crippen molar-refractivity contribution in [1.82, 2.24) is 4.90 Å². The Balaban J connectivity index is 1.76. The molecule has 4 unspecified atom stereocenters. The van der Waals surface area contributed by atoms with Crippen LogP contribution in [0.15, 0.2) is 47.7 Å². The fraction of sp³-hybridized carbons (Fsp3) is 0.500. The lowest BCUT2D eigenvalue weighted by Gasteiger charge is -2.55. The first kappa shape index (κ1) is 18.6. The molecule has 0 amide bonds. The summed E-state index contributed by atoms with van der Waals surface area (Å²) >= 11 is 0. The molecule has 3 heterocycles. The van der Waals surface area contributed by atoms with Crippen molar-refractivity contribution in [2.75, 3.05) is 19.0 Å². The molecule has 0 saturated carbocycles. The molecule has 5 heteroatoms. The van der Waals surface area contributed by atoms with Gasteiger partial charge in [0.15, 0.2) is 0 Å². The summed E-state index contributed by atoms with van der Waals surface area (Å²) in [4.78, 5) is 27.4. The van der Waals surface area contributed by atoms with Crippen LogP contribution in [0.3, 0.4) is 0 Å². The molecule has 4 aliphatic rings. The second-order valence-corrected chi connectivity index (χ2v) is 8.97. The highest BCUT2D eigenvalue weighted by Crippen LogP contribution is 2.64. The van der Waals surface area contributed by atoms with Crippen LogP contribution in [0.1, 0.15) is 45.1 Å². The minimum Gasteiger partial charge on any atom is -0.466 e. The van der Waals surface area contributed by atoms with Gasteiger partial charge in [-0.15, -0.1) is 0 Å². The Morgan fingerprint density at radius 3 is 2.83 bits per heavy atom. The van der Waals surface area contributed by atoms with Gasteiger partial charge in [-0.1, -0.05) is 37.3 Å². The Hall–Kier alpha value is -2.40. The maximum atomic E-state index is 12.9. The number of fused-ring (bicyclic) bond motifs is 1. The normalized spacial score (nSPS) is 34.3. The number of nitrogens with zero attached hydrogens (tertiary/aromatic N) is 1. The van der Waals surface area contributed by atoms with Crippen molar-refractivity contribution < 1.29 is 14.3 Å². The predicted octanol–water partition coefficient (Wildman–Crippen LogP) is 3.57. The zero-order chi connectivity index (χ0) is 20.4. The van der Waals surface area contributed by atoms with Crippen molar-refractivity contribution in [3.8, 4) is 0 Å². The number of para-hydroxylation sites is 1. The van der Waals surface area contributed by atoms with Crippen LogP contribution in [0.5, 0.6) is 0 Å². The molecule has 1 saturated heterocycles. The fourth-order valence-electron chi connectivity index (χ4n) is 6.57. The molecule has 1 spiro atoms. The van der Waals surface area contributed by atoms with Gasteiger partial charge in [-0.3, -0.25) is 9.69 Å². The molecule has 4 atom stereocenters. The summed E-state index contributed by atoms with van der Waals surface area (Å²) in [6.07, 6.45) is 7.62. The first-order chi connectivity index (χ1) is 14.0. The molecule has 1 aromatic rings. The monoisotopic (exact) mass is 392 g/mol. The second kappa shape index (κ2) is 6.30. The molecule has 5 nitrogen and oxygen atoms in total. The van der Waals surface area contributed by atoms with Crippen molar-refractivity contribution in [3.63, 3.8) is 0 Å². The molecule has 1 aliphatic carbocycles. The number of esters is 1. The second-order valence-electron chi connectivity index (χ2n) is 8.97. The third-order valence-electron chi connectivity index (χ3n) is 7.69. The summed E-state index contributed by atoms with van der Waals surface area (Å²) < 4.78 is 5.22. The lowest BCUT2D eigenvalue weighted by Crippen LogP contribution is -2.60. The van der Waals surface area contributed by atoms with Gasteiger partial charge in [-0.2, -0.15) is 0 Å². The van der Waals surface area contributed by atoms with E-state index < -0.39 is 0 Å². The van der Waals surface area contributed by atoms with Gasteiger partial charge in [0, 0.05) is 41.8 Å². The number of benzene rings is 1. The molecule has 0 bridgehead atoms. The van der Waals surface area contributed by atoms with E-state index in [4.69, 9.17) is 4.74 Å². The summed E-state index contributed by atoms with van der Waals surface area (Å²) in [5.41, 5.74) is 3.77. The van der Waals surface area contributed by atoms with Crippen molar-refractivity contribution in [1.29, 1.82) is 0 Å². The first-order valence-corrected chi connectivity index (χ1v) is 10.6. The van der Waals surface area contributed by atoms with E-state index in [2.05, 4.69) is 47.5 Å². The van der Waals surface area contributed by atoms with E-state index in [9.17, 15) is 9.59 Å². The van der Waals surface area contributed by atoms with Crippen LogP contribution < -0.4 is 5.32 Å². The average Bonchev–Trinajstić information content (AvgIpc) is 3.29. The topological polar surface area (TPSA) is 58.6 Å². The quantitative estimate of drug-likeness (QED) is 0.627. The van der Waals surface area contributed by atoms with Crippen LogP contribution in [0.25, 0.3) is 0 Å². The molecule has 0 aromatic heterocycles. The van der Waals surface area contributed by atoms with Gasteiger partial charge < -0.3 is 10.1 Å². The Morgan fingerprint density at radius 1 is 1.31 bits per heavy atom. The van der Waals surface area contributed by atoms with Gasteiger partial charge in [-0.05, 0) is 37.8 Å². The molecular weight excluding hydrogens is 364 g/mol. The largest absolute Gasteiger partial charge is 0.466 e. The molecular formula is C24H28N2O3. The van der Waals surface area contributed by atoms with Crippen LogP contribution in [0.2, 0.25) is 0 Å². The van der Waals surface area contributed by atoms with Crippen LogP contribution >= 0.6 is 0 Å². The number of methoxy groups -OCH3 is 1.